The van der Waals surface area contributed by atoms with Gasteiger partial charge in [-0.2, -0.15) is 5.10 Å². The summed E-state index contributed by atoms with van der Waals surface area (Å²) < 4.78 is 21.8. The van der Waals surface area contributed by atoms with E-state index in [-0.39, 0.29) is 12.0 Å². The fourth-order valence-electron chi connectivity index (χ4n) is 3.66. The molecule has 3 aromatic rings. The van der Waals surface area contributed by atoms with E-state index in [0.717, 1.165) is 24.1 Å². The number of hydrogen-bond acceptors (Lipinski definition) is 4. The van der Waals surface area contributed by atoms with Gasteiger partial charge >= 0.3 is 0 Å². The minimum atomic E-state index is -0.451. The number of halogens is 1. The Morgan fingerprint density at radius 1 is 1.24 bits per heavy atom. The number of amides is 1. The molecule has 2 aromatic heterocycles. The van der Waals surface area contributed by atoms with Crippen LogP contribution in [0.2, 0.25) is 0 Å². The molecule has 150 valence electrons. The quantitative estimate of drug-likeness (QED) is 0.643. The summed E-state index contributed by atoms with van der Waals surface area (Å²) in [5.41, 5.74) is 2.65. The maximum Gasteiger partial charge on any atom is 0.254 e. The summed E-state index contributed by atoms with van der Waals surface area (Å²) in [5.74, 6) is -0.673. The molecule has 0 spiro atoms. The van der Waals surface area contributed by atoms with Gasteiger partial charge in [-0.15, -0.1) is 0 Å². The molecular formula is C22H23FN4O2. The number of carbonyl (C=O) groups is 1. The third kappa shape index (κ3) is 4.51. The first-order valence-corrected chi connectivity index (χ1v) is 9.69. The van der Waals surface area contributed by atoms with Crippen LogP contribution in [0.15, 0.2) is 55.0 Å². The molecule has 1 amide bonds. The van der Waals surface area contributed by atoms with Crippen molar-refractivity contribution >= 4 is 5.91 Å². The van der Waals surface area contributed by atoms with E-state index in [4.69, 9.17) is 4.74 Å². The third-order valence-corrected chi connectivity index (χ3v) is 5.12. The summed E-state index contributed by atoms with van der Waals surface area (Å²) in [4.78, 5) is 19.1. The molecule has 1 atom stereocenters. The lowest BCUT2D eigenvalue weighted by atomic mass is 10.1. The molecule has 1 unspecified atom stereocenters. The van der Waals surface area contributed by atoms with Gasteiger partial charge in [-0.3, -0.25) is 14.5 Å². The van der Waals surface area contributed by atoms with Crippen molar-refractivity contribution in [3.05, 3.63) is 71.9 Å². The molecule has 3 heterocycles. The van der Waals surface area contributed by atoms with Gasteiger partial charge in [0.1, 0.15) is 5.82 Å². The number of benzene rings is 1. The standard InChI is InChI=1S/C22H23FN4O2/c1-26-21(6-9-25-26)17-11-18(13-19(23)12-17)22(28)27(15-20-3-2-10-29-20)14-16-4-7-24-8-5-16/h4-9,11-13,20H,2-3,10,14-15H2,1H3. The Bertz CT molecular complexity index is 983. The Morgan fingerprint density at radius 3 is 2.76 bits per heavy atom. The highest BCUT2D eigenvalue weighted by Crippen LogP contribution is 2.23. The van der Waals surface area contributed by atoms with E-state index in [0.29, 0.717) is 30.8 Å². The minimum absolute atomic E-state index is 0.00545. The highest BCUT2D eigenvalue weighted by Gasteiger charge is 2.24. The van der Waals surface area contributed by atoms with Crippen LogP contribution in [-0.2, 0) is 18.3 Å². The molecule has 7 heteroatoms. The first-order chi connectivity index (χ1) is 14.1. The third-order valence-electron chi connectivity index (χ3n) is 5.12. The molecule has 4 rings (SSSR count). The molecular weight excluding hydrogens is 371 g/mol. The lowest BCUT2D eigenvalue weighted by molar-refractivity contribution is 0.0507. The minimum Gasteiger partial charge on any atom is -0.376 e. The van der Waals surface area contributed by atoms with Crippen molar-refractivity contribution in [2.45, 2.75) is 25.5 Å². The lowest BCUT2D eigenvalue weighted by Crippen LogP contribution is -2.37. The topological polar surface area (TPSA) is 60.2 Å². The molecule has 0 saturated carbocycles. The van der Waals surface area contributed by atoms with Gasteiger partial charge in [-0.25, -0.2) is 4.39 Å². The van der Waals surface area contributed by atoms with Crippen LogP contribution in [0, 0.1) is 5.82 Å². The van der Waals surface area contributed by atoms with Gasteiger partial charge in [0, 0.05) is 56.5 Å². The van der Waals surface area contributed by atoms with E-state index in [1.807, 2.05) is 12.1 Å². The van der Waals surface area contributed by atoms with Crippen molar-refractivity contribution in [2.75, 3.05) is 13.2 Å². The average molecular weight is 394 g/mol. The first-order valence-electron chi connectivity index (χ1n) is 9.69. The normalized spacial score (nSPS) is 16.1. The maximum absolute atomic E-state index is 14.4. The van der Waals surface area contributed by atoms with Crippen LogP contribution in [0.25, 0.3) is 11.3 Å². The molecule has 1 aromatic carbocycles. The van der Waals surface area contributed by atoms with Gasteiger partial charge in [0.15, 0.2) is 0 Å². The van der Waals surface area contributed by atoms with Crippen LogP contribution in [0.4, 0.5) is 4.39 Å². The van der Waals surface area contributed by atoms with Crippen molar-refractivity contribution in [2.24, 2.45) is 7.05 Å². The maximum atomic E-state index is 14.4. The zero-order valence-electron chi connectivity index (χ0n) is 16.3. The Kier molecular flexibility index (Phi) is 5.67. The Balaban J connectivity index is 1.64. The van der Waals surface area contributed by atoms with E-state index >= 15 is 0 Å². The molecule has 1 aliphatic heterocycles. The summed E-state index contributed by atoms with van der Waals surface area (Å²) in [6.45, 7) is 1.60. The highest BCUT2D eigenvalue weighted by molar-refractivity contribution is 5.95. The highest BCUT2D eigenvalue weighted by atomic mass is 19.1. The predicted molar refractivity (Wildman–Crippen MR) is 107 cm³/mol. The van der Waals surface area contributed by atoms with Crippen LogP contribution in [0.3, 0.4) is 0 Å². The number of aryl methyl sites for hydroxylation is 1. The fraction of sp³-hybridized carbons (Fsp3) is 0.318. The van der Waals surface area contributed by atoms with Crippen molar-refractivity contribution < 1.29 is 13.9 Å². The van der Waals surface area contributed by atoms with Gasteiger partial charge < -0.3 is 9.64 Å². The molecule has 1 aliphatic rings. The van der Waals surface area contributed by atoms with Crippen molar-refractivity contribution in [1.82, 2.24) is 19.7 Å². The fourth-order valence-corrected chi connectivity index (χ4v) is 3.66. The second-order valence-corrected chi connectivity index (χ2v) is 7.24. The SMILES string of the molecule is Cn1nccc1-c1cc(F)cc(C(=O)N(Cc2ccncc2)CC2CCCO2)c1. The molecule has 0 N–H and O–H groups in total. The van der Waals surface area contributed by atoms with Crippen LogP contribution in [-0.4, -0.2) is 44.8 Å². The number of pyridine rings is 1. The summed E-state index contributed by atoms with van der Waals surface area (Å²) in [6.07, 6.45) is 6.97. The predicted octanol–water partition coefficient (Wildman–Crippen LogP) is 3.44. The van der Waals surface area contributed by atoms with Crippen LogP contribution in [0.1, 0.15) is 28.8 Å². The summed E-state index contributed by atoms with van der Waals surface area (Å²) in [7, 11) is 1.79. The number of carbonyl (C=O) groups excluding carboxylic acids is 1. The van der Waals surface area contributed by atoms with E-state index in [1.54, 1.807) is 47.4 Å². The van der Waals surface area contributed by atoms with Crippen molar-refractivity contribution in [3.63, 3.8) is 0 Å². The Labute approximate surface area is 168 Å². The van der Waals surface area contributed by atoms with Gasteiger partial charge in [0.05, 0.1) is 11.8 Å². The smallest absolute Gasteiger partial charge is 0.254 e. The summed E-state index contributed by atoms with van der Waals surface area (Å²) >= 11 is 0. The Hall–Kier alpha value is -3.06. The second kappa shape index (κ2) is 8.53. The van der Waals surface area contributed by atoms with Gasteiger partial charge in [0.25, 0.3) is 5.91 Å². The number of aromatic nitrogens is 3. The molecule has 29 heavy (non-hydrogen) atoms. The van der Waals surface area contributed by atoms with Gasteiger partial charge in [0.2, 0.25) is 0 Å². The number of rotatable bonds is 6. The van der Waals surface area contributed by atoms with Crippen LogP contribution in [0.5, 0.6) is 0 Å². The van der Waals surface area contributed by atoms with Crippen molar-refractivity contribution in [1.29, 1.82) is 0 Å². The zero-order valence-corrected chi connectivity index (χ0v) is 16.3. The molecule has 0 bridgehead atoms. The molecule has 6 nitrogen and oxygen atoms in total. The van der Waals surface area contributed by atoms with Crippen LogP contribution < -0.4 is 0 Å². The van der Waals surface area contributed by atoms with E-state index in [2.05, 4.69) is 10.1 Å². The number of hydrogen-bond donors (Lipinski definition) is 0. The van der Waals surface area contributed by atoms with E-state index in [1.165, 1.54) is 12.1 Å². The summed E-state index contributed by atoms with van der Waals surface area (Å²) in [6, 6.07) is 9.98. The van der Waals surface area contributed by atoms with Crippen LogP contribution >= 0.6 is 0 Å². The van der Waals surface area contributed by atoms with Gasteiger partial charge in [-0.1, -0.05) is 0 Å². The van der Waals surface area contributed by atoms with E-state index < -0.39 is 5.82 Å². The lowest BCUT2D eigenvalue weighted by Gasteiger charge is -2.26. The Morgan fingerprint density at radius 2 is 2.07 bits per heavy atom. The first kappa shape index (κ1) is 19.3. The monoisotopic (exact) mass is 394 g/mol. The largest absolute Gasteiger partial charge is 0.376 e. The average Bonchev–Trinajstić information content (AvgIpc) is 3.39. The van der Waals surface area contributed by atoms with Crippen molar-refractivity contribution in [3.8, 4) is 11.3 Å². The second-order valence-electron chi connectivity index (χ2n) is 7.24. The molecule has 1 saturated heterocycles. The van der Waals surface area contributed by atoms with Gasteiger partial charge in [-0.05, 0) is 54.8 Å². The summed E-state index contributed by atoms with van der Waals surface area (Å²) in [5, 5.41) is 4.13. The molecule has 1 fully saturated rings. The number of nitrogens with zero attached hydrogens (tertiary/aromatic N) is 4. The molecule has 0 radical (unpaired) electrons. The zero-order chi connectivity index (χ0) is 20.2. The van der Waals surface area contributed by atoms with E-state index in [9.17, 15) is 9.18 Å². The number of ether oxygens (including phenoxy) is 1. The molecule has 0 aliphatic carbocycles.